The number of anilines is 2. The van der Waals surface area contributed by atoms with Gasteiger partial charge in [-0.2, -0.15) is 8.42 Å². The van der Waals surface area contributed by atoms with Crippen molar-refractivity contribution in [3.63, 3.8) is 0 Å². The summed E-state index contributed by atoms with van der Waals surface area (Å²) in [4.78, 5) is 3.75. The fourth-order valence-corrected chi connectivity index (χ4v) is 3.07. The zero-order valence-corrected chi connectivity index (χ0v) is 11.8. The normalized spacial score (nSPS) is 11.3. The molecule has 0 saturated heterocycles. The van der Waals surface area contributed by atoms with Crippen LogP contribution in [0.3, 0.4) is 0 Å². The molecule has 0 aliphatic rings. The Morgan fingerprint density at radius 2 is 1.79 bits per heavy atom. The molecule has 1 heterocycles. The minimum atomic E-state index is -3.88. The molecule has 0 aliphatic heterocycles. The molecule has 2 aromatic rings. The summed E-state index contributed by atoms with van der Waals surface area (Å²) in [6, 6.07) is 7.36. The highest BCUT2D eigenvalue weighted by Crippen LogP contribution is 2.25. The second-order valence-electron chi connectivity index (χ2n) is 3.66. The lowest BCUT2D eigenvalue weighted by atomic mass is 10.3. The lowest BCUT2D eigenvalue weighted by Gasteiger charge is -2.09. The predicted octanol–water partition coefficient (Wildman–Crippen LogP) is 2.77. The standard InChI is InChI=1S/C11H9Cl2N3O2S/c12-7-4-8(13)6-9(5-7)16-19(17,18)11-10(14)2-1-3-15-11/h1-6,16H,14H2. The van der Waals surface area contributed by atoms with E-state index in [4.69, 9.17) is 28.9 Å². The van der Waals surface area contributed by atoms with Crippen molar-refractivity contribution in [3.05, 3.63) is 46.6 Å². The Balaban J connectivity index is 2.39. The molecule has 1 aromatic carbocycles. The highest BCUT2D eigenvalue weighted by atomic mass is 35.5. The van der Waals surface area contributed by atoms with Gasteiger partial charge in [0.2, 0.25) is 0 Å². The van der Waals surface area contributed by atoms with Crippen LogP contribution in [0.5, 0.6) is 0 Å². The molecule has 19 heavy (non-hydrogen) atoms. The molecule has 5 nitrogen and oxygen atoms in total. The molecule has 1 aromatic heterocycles. The maximum Gasteiger partial charge on any atom is 0.281 e. The van der Waals surface area contributed by atoms with Gasteiger partial charge in [-0.05, 0) is 30.3 Å². The van der Waals surface area contributed by atoms with E-state index in [9.17, 15) is 8.42 Å². The van der Waals surface area contributed by atoms with Crippen LogP contribution in [0.15, 0.2) is 41.6 Å². The largest absolute Gasteiger partial charge is 0.396 e. The number of nitrogens with one attached hydrogen (secondary N) is 1. The SMILES string of the molecule is Nc1cccnc1S(=O)(=O)Nc1cc(Cl)cc(Cl)c1. The Morgan fingerprint density at radius 1 is 1.16 bits per heavy atom. The number of benzene rings is 1. The Morgan fingerprint density at radius 3 is 2.37 bits per heavy atom. The van der Waals surface area contributed by atoms with E-state index in [-0.39, 0.29) is 16.4 Å². The Kier molecular flexibility index (Phi) is 3.84. The number of hydrogen-bond acceptors (Lipinski definition) is 4. The molecule has 0 saturated carbocycles. The van der Waals surface area contributed by atoms with Gasteiger partial charge in [-0.3, -0.25) is 4.72 Å². The zero-order chi connectivity index (χ0) is 14.0. The number of hydrogen-bond donors (Lipinski definition) is 2. The molecule has 0 spiro atoms. The van der Waals surface area contributed by atoms with Crippen LogP contribution < -0.4 is 10.5 Å². The third-order valence-electron chi connectivity index (χ3n) is 2.17. The van der Waals surface area contributed by atoms with E-state index in [0.29, 0.717) is 10.0 Å². The number of nitrogens with two attached hydrogens (primary N) is 1. The van der Waals surface area contributed by atoms with Crippen LogP contribution in [0.25, 0.3) is 0 Å². The number of nitrogens with zero attached hydrogens (tertiary/aromatic N) is 1. The maximum atomic E-state index is 12.1. The van der Waals surface area contributed by atoms with E-state index in [0.717, 1.165) is 0 Å². The average molecular weight is 318 g/mol. The van der Waals surface area contributed by atoms with Crippen LogP contribution in [0.1, 0.15) is 0 Å². The molecule has 3 N–H and O–H groups in total. The molecule has 0 atom stereocenters. The maximum absolute atomic E-state index is 12.1. The third-order valence-corrected chi connectivity index (χ3v) is 3.96. The number of rotatable bonds is 3. The van der Waals surface area contributed by atoms with Gasteiger partial charge in [0.05, 0.1) is 11.4 Å². The topological polar surface area (TPSA) is 85.1 Å². The Labute approximate surface area is 120 Å². The summed E-state index contributed by atoms with van der Waals surface area (Å²) in [5, 5.41) is 0.393. The average Bonchev–Trinajstić information content (AvgIpc) is 2.26. The highest BCUT2D eigenvalue weighted by molar-refractivity contribution is 7.92. The summed E-state index contributed by atoms with van der Waals surface area (Å²) in [5.74, 6) is 0. The molecule has 0 aliphatic carbocycles. The molecule has 2 rings (SSSR count). The lowest BCUT2D eigenvalue weighted by molar-refractivity contribution is 0.598. The summed E-state index contributed by atoms with van der Waals surface area (Å²) in [5.41, 5.74) is 5.88. The summed E-state index contributed by atoms with van der Waals surface area (Å²) in [7, 11) is -3.88. The minimum absolute atomic E-state index is 0.0584. The van der Waals surface area contributed by atoms with Gasteiger partial charge in [0.25, 0.3) is 10.0 Å². The van der Waals surface area contributed by atoms with Crippen molar-refractivity contribution >= 4 is 44.6 Å². The van der Waals surface area contributed by atoms with Crippen molar-refractivity contribution in [1.82, 2.24) is 4.98 Å². The van der Waals surface area contributed by atoms with Crippen molar-refractivity contribution in [1.29, 1.82) is 0 Å². The molecular weight excluding hydrogens is 309 g/mol. The first kappa shape index (κ1) is 13.9. The second kappa shape index (κ2) is 5.24. The number of sulfonamides is 1. The van der Waals surface area contributed by atoms with Crippen LogP contribution in [-0.2, 0) is 10.0 Å². The van der Waals surface area contributed by atoms with E-state index < -0.39 is 10.0 Å². The quantitative estimate of drug-likeness (QED) is 0.911. The monoisotopic (exact) mass is 317 g/mol. The van der Waals surface area contributed by atoms with Gasteiger partial charge in [0, 0.05) is 16.2 Å². The first-order chi connectivity index (χ1) is 8.88. The zero-order valence-electron chi connectivity index (χ0n) is 9.47. The molecule has 100 valence electrons. The summed E-state index contributed by atoms with van der Waals surface area (Å²) < 4.78 is 26.5. The fourth-order valence-electron chi connectivity index (χ4n) is 1.44. The van der Waals surface area contributed by atoms with Crippen LogP contribution in [0.2, 0.25) is 10.0 Å². The van der Waals surface area contributed by atoms with E-state index in [1.54, 1.807) is 6.07 Å². The smallest absolute Gasteiger partial charge is 0.281 e. The summed E-state index contributed by atoms with van der Waals surface area (Å²) in [6.45, 7) is 0. The van der Waals surface area contributed by atoms with E-state index >= 15 is 0 Å². The van der Waals surface area contributed by atoms with Crippen molar-refractivity contribution in [2.45, 2.75) is 5.03 Å². The lowest BCUT2D eigenvalue weighted by Crippen LogP contribution is -2.16. The molecule has 8 heteroatoms. The predicted molar refractivity (Wildman–Crippen MR) is 75.9 cm³/mol. The van der Waals surface area contributed by atoms with Gasteiger partial charge in [-0.15, -0.1) is 0 Å². The summed E-state index contributed by atoms with van der Waals surface area (Å²) >= 11 is 11.6. The van der Waals surface area contributed by atoms with Gasteiger partial charge in [-0.25, -0.2) is 4.98 Å². The molecular formula is C11H9Cl2N3O2S. The van der Waals surface area contributed by atoms with Gasteiger partial charge in [0.1, 0.15) is 0 Å². The molecule has 0 unspecified atom stereocenters. The molecule has 0 bridgehead atoms. The summed E-state index contributed by atoms with van der Waals surface area (Å²) in [6.07, 6.45) is 1.34. The van der Waals surface area contributed by atoms with Gasteiger partial charge in [-0.1, -0.05) is 23.2 Å². The van der Waals surface area contributed by atoms with Crippen molar-refractivity contribution < 1.29 is 8.42 Å². The first-order valence-corrected chi connectivity index (χ1v) is 7.32. The van der Waals surface area contributed by atoms with E-state index in [1.165, 1.54) is 30.5 Å². The Hall–Kier alpha value is -1.50. The number of nitrogen functional groups attached to an aromatic ring is 1. The van der Waals surface area contributed by atoms with Crippen LogP contribution >= 0.6 is 23.2 Å². The molecule has 0 radical (unpaired) electrons. The van der Waals surface area contributed by atoms with Crippen LogP contribution in [-0.4, -0.2) is 13.4 Å². The van der Waals surface area contributed by atoms with Gasteiger partial charge in [0.15, 0.2) is 5.03 Å². The second-order valence-corrected chi connectivity index (χ2v) is 6.13. The van der Waals surface area contributed by atoms with Crippen molar-refractivity contribution in [3.8, 4) is 0 Å². The van der Waals surface area contributed by atoms with Gasteiger partial charge < -0.3 is 5.73 Å². The van der Waals surface area contributed by atoms with Crippen LogP contribution in [0.4, 0.5) is 11.4 Å². The highest BCUT2D eigenvalue weighted by Gasteiger charge is 2.19. The number of pyridine rings is 1. The molecule has 0 amide bonds. The molecule has 0 fully saturated rings. The fraction of sp³-hybridized carbons (Fsp3) is 0. The number of aromatic nitrogens is 1. The minimum Gasteiger partial charge on any atom is -0.396 e. The number of halogens is 2. The van der Waals surface area contributed by atoms with Crippen molar-refractivity contribution in [2.75, 3.05) is 10.5 Å². The third kappa shape index (κ3) is 3.28. The van der Waals surface area contributed by atoms with Crippen LogP contribution in [0, 0.1) is 0 Å². The van der Waals surface area contributed by atoms with Crippen molar-refractivity contribution in [2.24, 2.45) is 0 Å². The first-order valence-electron chi connectivity index (χ1n) is 5.08. The van der Waals surface area contributed by atoms with E-state index in [2.05, 4.69) is 9.71 Å². The van der Waals surface area contributed by atoms with E-state index in [1.807, 2.05) is 0 Å². The Bertz CT molecular complexity index is 699. The van der Waals surface area contributed by atoms with Gasteiger partial charge >= 0.3 is 0 Å².